The summed E-state index contributed by atoms with van der Waals surface area (Å²) in [6.45, 7) is 10.0. The summed E-state index contributed by atoms with van der Waals surface area (Å²) in [6.07, 6.45) is 3.59. The van der Waals surface area contributed by atoms with Gasteiger partial charge in [0.05, 0.1) is 0 Å². The number of nitrogens with one attached hydrogen (secondary N) is 3. The van der Waals surface area contributed by atoms with Gasteiger partial charge in [-0.3, -0.25) is 0 Å². The zero-order valence-electron chi connectivity index (χ0n) is 13.8. The van der Waals surface area contributed by atoms with Gasteiger partial charge in [-0.25, -0.2) is 15.0 Å². The van der Waals surface area contributed by atoms with Crippen molar-refractivity contribution in [1.29, 1.82) is 0 Å². The molecule has 0 amide bonds. The molecule has 0 saturated carbocycles. The second kappa shape index (κ2) is 7.72. The van der Waals surface area contributed by atoms with Crippen LogP contribution in [0.15, 0.2) is 6.33 Å². The Kier molecular flexibility index (Phi) is 5.68. The van der Waals surface area contributed by atoms with Crippen LogP contribution in [-0.4, -0.2) is 39.1 Å². The lowest BCUT2D eigenvalue weighted by Crippen LogP contribution is -2.15. The Morgan fingerprint density at radius 3 is 2.23 bits per heavy atom. The SMILES string of the molecule is CCCNc1nc(NC(C)C)nc2c(NCCC)ncnc12. The fourth-order valence-electron chi connectivity index (χ4n) is 2.01. The van der Waals surface area contributed by atoms with Crippen molar-refractivity contribution in [3.05, 3.63) is 6.33 Å². The first-order valence-corrected chi connectivity index (χ1v) is 7.92. The molecule has 0 unspecified atom stereocenters. The molecule has 0 aliphatic heterocycles. The molecule has 0 saturated heterocycles. The molecule has 22 heavy (non-hydrogen) atoms. The van der Waals surface area contributed by atoms with Gasteiger partial charge in [0.15, 0.2) is 11.6 Å². The van der Waals surface area contributed by atoms with Gasteiger partial charge in [0, 0.05) is 19.1 Å². The summed E-state index contributed by atoms with van der Waals surface area (Å²) in [7, 11) is 0. The van der Waals surface area contributed by atoms with E-state index in [1.807, 2.05) is 0 Å². The zero-order valence-corrected chi connectivity index (χ0v) is 13.8. The summed E-state index contributed by atoms with van der Waals surface area (Å²) in [5.74, 6) is 2.09. The number of rotatable bonds is 8. The highest BCUT2D eigenvalue weighted by Gasteiger charge is 2.13. The Labute approximate surface area is 131 Å². The first-order valence-electron chi connectivity index (χ1n) is 7.92. The number of anilines is 3. The number of nitrogens with zero attached hydrogens (tertiary/aromatic N) is 4. The van der Waals surface area contributed by atoms with Gasteiger partial charge in [0.1, 0.15) is 17.4 Å². The standard InChI is InChI=1S/C15H25N7/c1-5-7-16-13-12-11(18-9-19-13)14(17-8-6-2)22-15(21-12)20-10(3)4/h9-10H,5-8H2,1-4H3,(H,16,18,19)(H2,17,20,21,22). The van der Waals surface area contributed by atoms with Crippen LogP contribution in [0, 0.1) is 0 Å². The maximum absolute atomic E-state index is 4.59. The minimum Gasteiger partial charge on any atom is -0.368 e. The largest absolute Gasteiger partial charge is 0.368 e. The van der Waals surface area contributed by atoms with E-state index in [0.29, 0.717) is 5.95 Å². The van der Waals surface area contributed by atoms with Crippen molar-refractivity contribution >= 4 is 28.6 Å². The molecule has 0 spiro atoms. The van der Waals surface area contributed by atoms with Crippen LogP contribution in [0.2, 0.25) is 0 Å². The fraction of sp³-hybridized carbons (Fsp3) is 0.600. The van der Waals surface area contributed by atoms with Crippen LogP contribution in [0.5, 0.6) is 0 Å². The quantitative estimate of drug-likeness (QED) is 0.691. The normalized spacial score (nSPS) is 11.0. The number of fused-ring (bicyclic) bond motifs is 1. The van der Waals surface area contributed by atoms with Gasteiger partial charge in [-0.05, 0) is 26.7 Å². The van der Waals surface area contributed by atoms with Gasteiger partial charge in [-0.15, -0.1) is 0 Å². The average Bonchev–Trinajstić information content (AvgIpc) is 2.50. The van der Waals surface area contributed by atoms with Crippen LogP contribution >= 0.6 is 0 Å². The molecule has 7 nitrogen and oxygen atoms in total. The number of aromatic nitrogens is 4. The summed E-state index contributed by atoms with van der Waals surface area (Å²) in [5.41, 5.74) is 1.49. The van der Waals surface area contributed by atoms with Gasteiger partial charge in [-0.1, -0.05) is 13.8 Å². The molecule has 7 heteroatoms. The summed E-state index contributed by atoms with van der Waals surface area (Å²) < 4.78 is 0. The van der Waals surface area contributed by atoms with Crippen molar-refractivity contribution in [1.82, 2.24) is 19.9 Å². The summed E-state index contributed by atoms with van der Waals surface area (Å²) >= 11 is 0. The van der Waals surface area contributed by atoms with E-state index in [-0.39, 0.29) is 6.04 Å². The molecular weight excluding hydrogens is 278 g/mol. The lowest BCUT2D eigenvalue weighted by atomic mass is 10.3. The summed E-state index contributed by atoms with van der Waals surface area (Å²) in [6, 6.07) is 0.258. The average molecular weight is 303 g/mol. The van der Waals surface area contributed by atoms with E-state index < -0.39 is 0 Å². The Bertz CT molecular complexity index is 612. The molecule has 2 rings (SSSR count). The van der Waals surface area contributed by atoms with E-state index >= 15 is 0 Å². The Hall–Kier alpha value is -2.18. The highest BCUT2D eigenvalue weighted by molar-refractivity contribution is 5.93. The summed E-state index contributed by atoms with van der Waals surface area (Å²) in [5, 5.41) is 9.88. The maximum atomic E-state index is 4.59. The fourth-order valence-corrected chi connectivity index (χ4v) is 2.01. The van der Waals surface area contributed by atoms with E-state index in [2.05, 4.69) is 63.6 Å². The summed E-state index contributed by atoms with van der Waals surface area (Å²) in [4.78, 5) is 17.8. The topological polar surface area (TPSA) is 87.7 Å². The predicted molar refractivity (Wildman–Crippen MR) is 91.4 cm³/mol. The van der Waals surface area contributed by atoms with Gasteiger partial charge in [0.2, 0.25) is 5.95 Å². The third-order valence-electron chi connectivity index (χ3n) is 2.98. The molecule has 0 aliphatic carbocycles. The maximum Gasteiger partial charge on any atom is 0.225 e. The Morgan fingerprint density at radius 2 is 1.59 bits per heavy atom. The van der Waals surface area contributed by atoms with E-state index in [0.717, 1.165) is 48.6 Å². The molecule has 0 aromatic carbocycles. The number of hydrogen-bond donors (Lipinski definition) is 3. The number of hydrogen-bond acceptors (Lipinski definition) is 7. The lowest BCUT2D eigenvalue weighted by molar-refractivity contribution is 0.875. The first kappa shape index (κ1) is 16.2. The van der Waals surface area contributed by atoms with Crippen LogP contribution in [-0.2, 0) is 0 Å². The highest BCUT2D eigenvalue weighted by atomic mass is 15.2. The van der Waals surface area contributed by atoms with Crippen LogP contribution in [0.3, 0.4) is 0 Å². The van der Waals surface area contributed by atoms with E-state index in [1.165, 1.54) is 0 Å². The van der Waals surface area contributed by atoms with E-state index in [1.54, 1.807) is 6.33 Å². The van der Waals surface area contributed by atoms with Crippen LogP contribution < -0.4 is 16.0 Å². The zero-order chi connectivity index (χ0) is 15.9. The molecular formula is C15H25N7. The van der Waals surface area contributed by atoms with Crippen molar-refractivity contribution in [2.75, 3.05) is 29.0 Å². The molecule has 3 N–H and O–H groups in total. The monoisotopic (exact) mass is 303 g/mol. The van der Waals surface area contributed by atoms with Crippen molar-refractivity contribution in [2.45, 2.75) is 46.6 Å². The molecule has 2 heterocycles. The molecule has 120 valence electrons. The minimum absolute atomic E-state index is 0.258. The predicted octanol–water partition coefficient (Wildman–Crippen LogP) is 2.88. The molecule has 2 aromatic rings. The molecule has 0 radical (unpaired) electrons. The second-order valence-corrected chi connectivity index (χ2v) is 5.47. The van der Waals surface area contributed by atoms with Crippen molar-refractivity contribution in [2.24, 2.45) is 0 Å². The molecule has 0 bridgehead atoms. The van der Waals surface area contributed by atoms with Crippen molar-refractivity contribution < 1.29 is 0 Å². The molecule has 2 aromatic heterocycles. The van der Waals surface area contributed by atoms with Crippen LogP contribution in [0.1, 0.15) is 40.5 Å². The van der Waals surface area contributed by atoms with Gasteiger partial charge < -0.3 is 16.0 Å². The highest BCUT2D eigenvalue weighted by Crippen LogP contribution is 2.24. The van der Waals surface area contributed by atoms with Crippen LogP contribution in [0.4, 0.5) is 17.6 Å². The van der Waals surface area contributed by atoms with E-state index in [9.17, 15) is 0 Å². The molecule has 0 fully saturated rings. The third-order valence-corrected chi connectivity index (χ3v) is 2.98. The third kappa shape index (κ3) is 3.93. The van der Waals surface area contributed by atoms with E-state index in [4.69, 9.17) is 0 Å². The van der Waals surface area contributed by atoms with Crippen LogP contribution in [0.25, 0.3) is 11.0 Å². The molecule has 0 atom stereocenters. The Morgan fingerprint density at radius 1 is 0.909 bits per heavy atom. The lowest BCUT2D eigenvalue weighted by Gasteiger charge is -2.14. The first-order chi connectivity index (χ1) is 10.7. The van der Waals surface area contributed by atoms with Crippen molar-refractivity contribution in [3.8, 4) is 0 Å². The van der Waals surface area contributed by atoms with Gasteiger partial charge in [-0.2, -0.15) is 4.98 Å². The Balaban J connectivity index is 2.49. The smallest absolute Gasteiger partial charge is 0.225 e. The second-order valence-electron chi connectivity index (χ2n) is 5.47. The van der Waals surface area contributed by atoms with Gasteiger partial charge >= 0.3 is 0 Å². The van der Waals surface area contributed by atoms with Crippen molar-refractivity contribution in [3.63, 3.8) is 0 Å². The minimum atomic E-state index is 0.258. The molecule has 0 aliphatic rings. The van der Waals surface area contributed by atoms with Gasteiger partial charge in [0.25, 0.3) is 0 Å².